The van der Waals surface area contributed by atoms with Gasteiger partial charge in [0.25, 0.3) is 0 Å². The van der Waals surface area contributed by atoms with Crippen molar-refractivity contribution in [1.29, 1.82) is 0 Å². The lowest BCUT2D eigenvalue weighted by Gasteiger charge is -2.21. The van der Waals surface area contributed by atoms with Gasteiger partial charge in [0.05, 0.1) is 11.4 Å². The molecule has 0 atom stereocenters. The van der Waals surface area contributed by atoms with Gasteiger partial charge in [-0.05, 0) is 23.1 Å². The predicted octanol–water partition coefficient (Wildman–Crippen LogP) is 2.74. The zero-order chi connectivity index (χ0) is 11.8. The van der Waals surface area contributed by atoms with Crippen molar-refractivity contribution >= 4 is 17.3 Å². The molecule has 3 nitrogen and oxygen atoms in total. The summed E-state index contributed by atoms with van der Waals surface area (Å²) in [6, 6.07) is 6.22. The molecule has 1 heterocycles. The van der Waals surface area contributed by atoms with Crippen LogP contribution in [0.3, 0.4) is 0 Å². The largest absolute Gasteiger partial charge is 0.383 e. The fraction of sp³-hybridized carbons (Fsp3) is 0.462. The molecule has 1 aliphatic rings. The van der Waals surface area contributed by atoms with E-state index in [1.54, 1.807) is 0 Å². The van der Waals surface area contributed by atoms with Crippen molar-refractivity contribution in [3.63, 3.8) is 0 Å². The minimum Gasteiger partial charge on any atom is -0.383 e. The number of anilines is 2. The van der Waals surface area contributed by atoms with Gasteiger partial charge in [0.15, 0.2) is 0 Å². The fourth-order valence-corrected chi connectivity index (χ4v) is 1.79. The zero-order valence-electron chi connectivity index (χ0n) is 10.1. The molecule has 1 aromatic rings. The molecule has 0 spiro atoms. The van der Waals surface area contributed by atoms with Gasteiger partial charge in [-0.3, -0.25) is 4.79 Å². The Kier molecular flexibility index (Phi) is 2.62. The van der Waals surface area contributed by atoms with E-state index in [1.807, 2.05) is 6.07 Å². The highest BCUT2D eigenvalue weighted by atomic mass is 16.1. The van der Waals surface area contributed by atoms with E-state index in [4.69, 9.17) is 0 Å². The molecule has 1 aliphatic heterocycles. The minimum atomic E-state index is 0.0808. The first-order valence-corrected chi connectivity index (χ1v) is 5.65. The maximum Gasteiger partial charge on any atom is 0.226 e. The lowest BCUT2D eigenvalue weighted by atomic mass is 9.86. The summed E-state index contributed by atoms with van der Waals surface area (Å²) in [6.07, 6.45) is 0.527. The molecule has 0 saturated heterocycles. The third-order valence-corrected chi connectivity index (χ3v) is 2.83. The highest BCUT2D eigenvalue weighted by Crippen LogP contribution is 2.31. The number of carbonyl (C=O) groups excluding carboxylic acids is 1. The van der Waals surface area contributed by atoms with E-state index >= 15 is 0 Å². The molecule has 0 aromatic heterocycles. The number of carbonyl (C=O) groups is 1. The molecule has 0 unspecified atom stereocenters. The van der Waals surface area contributed by atoms with Gasteiger partial charge in [0.1, 0.15) is 0 Å². The van der Waals surface area contributed by atoms with Gasteiger partial charge in [0, 0.05) is 13.0 Å². The van der Waals surface area contributed by atoms with E-state index in [0.29, 0.717) is 13.0 Å². The number of fused-ring (bicyclic) bond motifs is 1. The normalized spacial score (nSPS) is 15.8. The Bertz CT molecular complexity index is 418. The summed E-state index contributed by atoms with van der Waals surface area (Å²) in [5.41, 5.74) is 3.25. The molecule has 86 valence electrons. The highest BCUT2D eigenvalue weighted by Gasteiger charge is 2.17. The smallest absolute Gasteiger partial charge is 0.226 e. The molecule has 2 rings (SSSR count). The predicted molar refractivity (Wildman–Crippen MR) is 66.9 cm³/mol. The molecule has 1 aromatic carbocycles. The van der Waals surface area contributed by atoms with Gasteiger partial charge in [-0.25, -0.2) is 0 Å². The van der Waals surface area contributed by atoms with Gasteiger partial charge in [-0.2, -0.15) is 0 Å². The van der Waals surface area contributed by atoms with E-state index in [2.05, 4.69) is 43.5 Å². The van der Waals surface area contributed by atoms with Gasteiger partial charge in [-0.15, -0.1) is 0 Å². The number of hydrogen-bond donors (Lipinski definition) is 2. The van der Waals surface area contributed by atoms with Gasteiger partial charge in [-0.1, -0.05) is 26.8 Å². The van der Waals surface area contributed by atoms with Crippen molar-refractivity contribution in [3.05, 3.63) is 23.8 Å². The van der Waals surface area contributed by atoms with Gasteiger partial charge >= 0.3 is 0 Å². The van der Waals surface area contributed by atoms with Crippen molar-refractivity contribution < 1.29 is 4.79 Å². The molecule has 1 amide bonds. The van der Waals surface area contributed by atoms with Gasteiger partial charge < -0.3 is 10.6 Å². The first-order valence-electron chi connectivity index (χ1n) is 5.65. The molecule has 0 radical (unpaired) electrons. The summed E-state index contributed by atoms with van der Waals surface area (Å²) in [5.74, 6) is 0.0808. The maximum atomic E-state index is 11.5. The third-order valence-electron chi connectivity index (χ3n) is 2.83. The second-order valence-electron chi connectivity index (χ2n) is 5.24. The van der Waals surface area contributed by atoms with Crippen LogP contribution in [0.25, 0.3) is 0 Å². The molecule has 0 aliphatic carbocycles. The highest BCUT2D eigenvalue weighted by molar-refractivity contribution is 5.96. The lowest BCUT2D eigenvalue weighted by molar-refractivity contribution is -0.115. The van der Waals surface area contributed by atoms with Crippen LogP contribution in [0.1, 0.15) is 32.8 Å². The van der Waals surface area contributed by atoms with Crippen LogP contribution in [0.4, 0.5) is 11.4 Å². The van der Waals surface area contributed by atoms with E-state index in [-0.39, 0.29) is 11.3 Å². The first kappa shape index (κ1) is 11.0. The van der Waals surface area contributed by atoms with Gasteiger partial charge in [0.2, 0.25) is 5.91 Å². The Morgan fingerprint density at radius 3 is 2.62 bits per heavy atom. The topological polar surface area (TPSA) is 41.1 Å². The molecule has 2 N–H and O–H groups in total. The number of rotatable bonds is 0. The number of hydrogen-bond acceptors (Lipinski definition) is 2. The molecular formula is C13H18N2O. The Labute approximate surface area is 96.2 Å². The molecular weight excluding hydrogens is 200 g/mol. The minimum absolute atomic E-state index is 0.0808. The Hall–Kier alpha value is -1.51. The summed E-state index contributed by atoms with van der Waals surface area (Å²) in [7, 11) is 0. The summed E-state index contributed by atoms with van der Waals surface area (Å²) >= 11 is 0. The van der Waals surface area contributed by atoms with Crippen molar-refractivity contribution in [3.8, 4) is 0 Å². The summed E-state index contributed by atoms with van der Waals surface area (Å²) < 4.78 is 0. The third kappa shape index (κ3) is 2.18. The molecule has 0 saturated carbocycles. The zero-order valence-corrected chi connectivity index (χ0v) is 10.1. The van der Waals surface area contributed by atoms with E-state index in [9.17, 15) is 4.79 Å². The average Bonchev–Trinajstić information content (AvgIpc) is 2.35. The SMILES string of the molecule is CC(C)(C)c1ccc2c(c1)NC(=O)CCN2. The van der Waals surface area contributed by atoms with Crippen molar-refractivity contribution in [2.75, 3.05) is 17.2 Å². The van der Waals surface area contributed by atoms with Crippen LogP contribution in [-0.2, 0) is 10.2 Å². The van der Waals surface area contributed by atoms with Crippen molar-refractivity contribution in [2.45, 2.75) is 32.6 Å². The summed E-state index contributed by atoms with van der Waals surface area (Å²) in [6.45, 7) is 7.20. The summed E-state index contributed by atoms with van der Waals surface area (Å²) in [4.78, 5) is 11.5. The van der Waals surface area contributed by atoms with Crippen molar-refractivity contribution in [2.24, 2.45) is 0 Å². The van der Waals surface area contributed by atoms with Crippen LogP contribution in [0, 0.1) is 0 Å². The maximum absolute atomic E-state index is 11.5. The molecule has 0 bridgehead atoms. The second-order valence-corrected chi connectivity index (χ2v) is 5.24. The number of benzene rings is 1. The second kappa shape index (κ2) is 3.81. The summed E-state index contributed by atoms with van der Waals surface area (Å²) in [5, 5.41) is 6.18. The Morgan fingerprint density at radius 1 is 1.19 bits per heavy atom. The first-order chi connectivity index (χ1) is 7.47. The molecule has 0 fully saturated rings. The number of nitrogens with one attached hydrogen (secondary N) is 2. The molecule has 16 heavy (non-hydrogen) atoms. The van der Waals surface area contributed by atoms with E-state index < -0.39 is 0 Å². The van der Waals surface area contributed by atoms with Crippen LogP contribution in [0.5, 0.6) is 0 Å². The Morgan fingerprint density at radius 2 is 1.94 bits per heavy atom. The van der Waals surface area contributed by atoms with E-state index in [0.717, 1.165) is 11.4 Å². The van der Waals surface area contributed by atoms with E-state index in [1.165, 1.54) is 5.56 Å². The van der Waals surface area contributed by atoms with Crippen LogP contribution < -0.4 is 10.6 Å². The number of amides is 1. The standard InChI is InChI=1S/C13H18N2O/c1-13(2,3)9-4-5-10-11(8-9)15-12(16)6-7-14-10/h4-5,8,14H,6-7H2,1-3H3,(H,15,16). The van der Waals surface area contributed by atoms with Crippen LogP contribution >= 0.6 is 0 Å². The van der Waals surface area contributed by atoms with Crippen LogP contribution in [-0.4, -0.2) is 12.5 Å². The van der Waals surface area contributed by atoms with Crippen molar-refractivity contribution in [1.82, 2.24) is 0 Å². The molecule has 3 heteroatoms. The Balaban J connectivity index is 2.40. The lowest BCUT2D eigenvalue weighted by Crippen LogP contribution is -2.13. The quantitative estimate of drug-likeness (QED) is 0.703. The average molecular weight is 218 g/mol. The fourth-order valence-electron chi connectivity index (χ4n) is 1.79. The monoisotopic (exact) mass is 218 g/mol. The van der Waals surface area contributed by atoms with Crippen LogP contribution in [0.2, 0.25) is 0 Å². The van der Waals surface area contributed by atoms with Crippen LogP contribution in [0.15, 0.2) is 18.2 Å².